The second kappa shape index (κ2) is 11.9. The summed E-state index contributed by atoms with van der Waals surface area (Å²) in [5.74, 6) is 2.20. The molecule has 0 spiro atoms. The largest absolute Gasteiger partial charge is 0.316 e. The molecule has 1 N–H and O–H groups in total. The molecule has 0 amide bonds. The van der Waals surface area contributed by atoms with Crippen molar-refractivity contribution in [3.63, 3.8) is 0 Å². The van der Waals surface area contributed by atoms with E-state index < -0.39 is 0 Å². The van der Waals surface area contributed by atoms with E-state index in [1.54, 1.807) is 0 Å². The van der Waals surface area contributed by atoms with Gasteiger partial charge in [0.15, 0.2) is 0 Å². The molecule has 0 radical (unpaired) electrons. The van der Waals surface area contributed by atoms with E-state index in [9.17, 15) is 0 Å². The zero-order valence-electron chi connectivity index (χ0n) is 14.1. The summed E-state index contributed by atoms with van der Waals surface area (Å²) in [7, 11) is 2.17. The van der Waals surface area contributed by atoms with Crippen LogP contribution in [0.15, 0.2) is 0 Å². The van der Waals surface area contributed by atoms with E-state index in [4.69, 9.17) is 0 Å². The SMILES string of the molecule is CNC1CCCCCCCCCCC1SCCC(C)C. The van der Waals surface area contributed by atoms with Crippen molar-refractivity contribution in [3.05, 3.63) is 0 Å². The third-order valence-electron chi connectivity index (χ3n) is 4.60. The van der Waals surface area contributed by atoms with Crippen molar-refractivity contribution in [3.8, 4) is 0 Å². The standard InChI is InChI=1S/C18H37NS/c1-16(2)14-15-20-18-13-11-9-7-5-4-6-8-10-12-17(18)19-3/h16-19H,4-15H2,1-3H3. The maximum Gasteiger partial charge on any atom is 0.0201 e. The van der Waals surface area contributed by atoms with Crippen molar-refractivity contribution in [1.82, 2.24) is 5.32 Å². The van der Waals surface area contributed by atoms with Crippen LogP contribution in [-0.2, 0) is 0 Å². The first-order valence-corrected chi connectivity index (χ1v) is 10.1. The summed E-state index contributed by atoms with van der Waals surface area (Å²) in [6.45, 7) is 4.69. The topological polar surface area (TPSA) is 12.0 Å². The minimum Gasteiger partial charge on any atom is -0.316 e. The summed E-state index contributed by atoms with van der Waals surface area (Å²) in [5, 5.41) is 4.47. The van der Waals surface area contributed by atoms with Crippen molar-refractivity contribution >= 4 is 11.8 Å². The molecule has 0 aliphatic heterocycles. The molecule has 1 saturated carbocycles. The van der Waals surface area contributed by atoms with Gasteiger partial charge >= 0.3 is 0 Å². The molecule has 0 aromatic carbocycles. The summed E-state index contributed by atoms with van der Waals surface area (Å²) in [5.41, 5.74) is 0. The predicted octanol–water partition coefficient (Wildman–Crippen LogP) is 5.64. The third kappa shape index (κ3) is 8.56. The first kappa shape index (κ1) is 18.4. The maximum atomic E-state index is 3.62. The molecule has 20 heavy (non-hydrogen) atoms. The van der Waals surface area contributed by atoms with E-state index in [1.807, 2.05) is 0 Å². The Balaban J connectivity index is 2.42. The molecule has 1 aliphatic carbocycles. The summed E-state index contributed by atoms with van der Waals surface area (Å²) in [6, 6.07) is 0.742. The fourth-order valence-corrected chi connectivity index (χ4v) is 4.89. The Morgan fingerprint density at radius 2 is 1.45 bits per heavy atom. The molecule has 0 bridgehead atoms. The van der Waals surface area contributed by atoms with E-state index >= 15 is 0 Å². The highest BCUT2D eigenvalue weighted by atomic mass is 32.2. The average Bonchev–Trinajstić information content (AvgIpc) is 2.41. The molecule has 1 aliphatic rings. The van der Waals surface area contributed by atoms with Gasteiger partial charge in [0.25, 0.3) is 0 Å². The van der Waals surface area contributed by atoms with Crippen LogP contribution in [-0.4, -0.2) is 24.1 Å². The van der Waals surface area contributed by atoms with Gasteiger partial charge in [0.2, 0.25) is 0 Å². The third-order valence-corrected chi connectivity index (χ3v) is 6.06. The molecule has 2 heteroatoms. The smallest absolute Gasteiger partial charge is 0.0201 e. The van der Waals surface area contributed by atoms with E-state index in [0.29, 0.717) is 0 Å². The predicted molar refractivity (Wildman–Crippen MR) is 94.7 cm³/mol. The van der Waals surface area contributed by atoms with Gasteiger partial charge in [-0.1, -0.05) is 65.2 Å². The highest BCUT2D eigenvalue weighted by Crippen LogP contribution is 2.27. The summed E-state index contributed by atoms with van der Waals surface area (Å²) >= 11 is 2.25. The van der Waals surface area contributed by atoms with Crippen LogP contribution in [0.3, 0.4) is 0 Å². The van der Waals surface area contributed by atoms with Crippen molar-refractivity contribution in [1.29, 1.82) is 0 Å². The molecular weight excluding hydrogens is 262 g/mol. The Hall–Kier alpha value is 0.310. The monoisotopic (exact) mass is 299 g/mol. The molecule has 1 nitrogen and oxygen atoms in total. The Morgan fingerprint density at radius 3 is 2.00 bits per heavy atom. The van der Waals surface area contributed by atoms with Gasteiger partial charge in [-0.2, -0.15) is 11.8 Å². The van der Waals surface area contributed by atoms with Crippen LogP contribution in [0.4, 0.5) is 0 Å². The zero-order chi connectivity index (χ0) is 14.6. The van der Waals surface area contributed by atoms with Crippen LogP contribution in [0.1, 0.15) is 84.5 Å². The fourth-order valence-electron chi connectivity index (χ4n) is 3.14. The zero-order valence-corrected chi connectivity index (χ0v) is 14.9. The normalized spacial score (nSPS) is 27.0. The number of hydrogen-bond donors (Lipinski definition) is 1. The molecule has 1 rings (SSSR count). The Kier molecular flexibility index (Phi) is 10.9. The fraction of sp³-hybridized carbons (Fsp3) is 1.00. The number of hydrogen-bond acceptors (Lipinski definition) is 2. The molecule has 2 unspecified atom stereocenters. The van der Waals surface area contributed by atoms with Gasteiger partial charge in [0.1, 0.15) is 0 Å². The summed E-state index contributed by atoms with van der Waals surface area (Å²) < 4.78 is 0. The van der Waals surface area contributed by atoms with E-state index in [2.05, 4.69) is 38.0 Å². The lowest BCUT2D eigenvalue weighted by Crippen LogP contribution is -2.36. The van der Waals surface area contributed by atoms with Crippen molar-refractivity contribution in [2.24, 2.45) is 5.92 Å². The Labute approximate surface area is 132 Å². The number of thioether (sulfide) groups is 1. The Bertz CT molecular complexity index is 217. The van der Waals surface area contributed by atoms with Crippen LogP contribution in [0.25, 0.3) is 0 Å². The molecule has 0 saturated heterocycles. The lowest BCUT2D eigenvalue weighted by molar-refractivity contribution is 0.434. The van der Waals surface area contributed by atoms with Gasteiger partial charge in [-0.15, -0.1) is 0 Å². The van der Waals surface area contributed by atoms with Gasteiger partial charge in [0.05, 0.1) is 0 Å². The van der Waals surface area contributed by atoms with Crippen LogP contribution in [0.5, 0.6) is 0 Å². The van der Waals surface area contributed by atoms with Crippen molar-refractivity contribution in [2.45, 2.75) is 95.8 Å². The number of rotatable bonds is 5. The van der Waals surface area contributed by atoms with Gasteiger partial charge in [-0.25, -0.2) is 0 Å². The minimum atomic E-state index is 0.742. The van der Waals surface area contributed by atoms with Crippen molar-refractivity contribution < 1.29 is 0 Å². The van der Waals surface area contributed by atoms with E-state index in [0.717, 1.165) is 17.2 Å². The lowest BCUT2D eigenvalue weighted by Gasteiger charge is -2.27. The quantitative estimate of drug-likeness (QED) is 0.705. The van der Waals surface area contributed by atoms with Gasteiger partial charge in [-0.3, -0.25) is 0 Å². The van der Waals surface area contributed by atoms with Gasteiger partial charge < -0.3 is 5.32 Å². The molecular formula is C18H37NS. The van der Waals surface area contributed by atoms with Crippen LogP contribution in [0.2, 0.25) is 0 Å². The molecule has 0 aromatic rings. The van der Waals surface area contributed by atoms with Crippen LogP contribution in [0, 0.1) is 5.92 Å². The molecule has 0 aromatic heterocycles. The second-order valence-corrected chi connectivity index (χ2v) is 8.24. The molecule has 120 valence electrons. The first-order valence-electron chi connectivity index (χ1n) is 9.03. The maximum absolute atomic E-state index is 3.62. The molecule has 2 atom stereocenters. The van der Waals surface area contributed by atoms with Gasteiger partial charge in [-0.05, 0) is 38.0 Å². The van der Waals surface area contributed by atoms with Gasteiger partial charge in [0, 0.05) is 11.3 Å². The summed E-state index contributed by atoms with van der Waals surface area (Å²) in [6.07, 6.45) is 15.8. The first-order chi connectivity index (χ1) is 9.74. The second-order valence-electron chi connectivity index (χ2n) is 6.89. The average molecular weight is 300 g/mol. The van der Waals surface area contributed by atoms with Crippen LogP contribution < -0.4 is 5.32 Å². The van der Waals surface area contributed by atoms with E-state index in [-0.39, 0.29) is 0 Å². The molecule has 0 heterocycles. The highest BCUT2D eigenvalue weighted by molar-refractivity contribution is 7.99. The van der Waals surface area contributed by atoms with E-state index in [1.165, 1.54) is 76.4 Å². The van der Waals surface area contributed by atoms with Crippen molar-refractivity contribution in [2.75, 3.05) is 12.8 Å². The summed E-state index contributed by atoms with van der Waals surface area (Å²) in [4.78, 5) is 0. The lowest BCUT2D eigenvalue weighted by atomic mass is 9.97. The Morgan fingerprint density at radius 1 is 0.900 bits per heavy atom. The van der Waals surface area contributed by atoms with Crippen LogP contribution >= 0.6 is 11.8 Å². The minimum absolute atomic E-state index is 0.742. The highest BCUT2D eigenvalue weighted by Gasteiger charge is 2.20. The molecule has 1 fully saturated rings. The number of nitrogens with one attached hydrogen (secondary N) is 1.